The first-order chi connectivity index (χ1) is 14.4. The maximum absolute atomic E-state index is 13.5. The number of rotatable bonds is 4. The molecule has 0 aliphatic carbocycles. The summed E-state index contributed by atoms with van der Waals surface area (Å²) in [5, 5.41) is 0. The number of ketones is 1. The van der Waals surface area contributed by atoms with Gasteiger partial charge in [-0.05, 0) is 67.7 Å². The summed E-state index contributed by atoms with van der Waals surface area (Å²) in [7, 11) is 0. The molecule has 1 fully saturated rings. The maximum Gasteiger partial charge on any atom is 0.187 e. The Morgan fingerprint density at radius 2 is 1.90 bits per heavy atom. The van der Waals surface area contributed by atoms with Crippen molar-refractivity contribution in [3.63, 3.8) is 0 Å². The van der Waals surface area contributed by atoms with Crippen LogP contribution in [-0.4, -0.2) is 38.9 Å². The van der Waals surface area contributed by atoms with E-state index in [-0.39, 0.29) is 5.78 Å². The Morgan fingerprint density at radius 1 is 1.23 bits per heavy atom. The second-order valence-corrected chi connectivity index (χ2v) is 9.09. The quantitative estimate of drug-likeness (QED) is 0.346. The molecule has 0 spiro atoms. The van der Waals surface area contributed by atoms with Crippen LogP contribution in [0.15, 0.2) is 41.0 Å². The standard InChI is InChI=1S/C24H25BrN4O/c1-15-6-5-7-16(2)28(15)14-22(30)23-17(3)29(20-10-8-19(26-4)9-11-20)21-12-18(25)13-27-24(21)23/h8-13,15-16H,5-7,14H2,1-3H3/t15-,16-/m1/s1. The first-order valence-corrected chi connectivity index (χ1v) is 11.1. The van der Waals surface area contributed by atoms with Gasteiger partial charge < -0.3 is 4.57 Å². The third-order valence-electron chi connectivity index (χ3n) is 6.23. The van der Waals surface area contributed by atoms with Crippen molar-refractivity contribution in [3.8, 4) is 5.69 Å². The Morgan fingerprint density at radius 3 is 2.53 bits per heavy atom. The average Bonchev–Trinajstić information content (AvgIpc) is 3.02. The van der Waals surface area contributed by atoms with E-state index in [1.54, 1.807) is 18.3 Å². The van der Waals surface area contributed by atoms with Crippen molar-refractivity contribution in [2.45, 2.75) is 52.1 Å². The zero-order valence-electron chi connectivity index (χ0n) is 17.5. The van der Waals surface area contributed by atoms with Crippen molar-refractivity contribution in [2.24, 2.45) is 0 Å². The molecule has 2 atom stereocenters. The van der Waals surface area contributed by atoms with Gasteiger partial charge in [0.1, 0.15) is 0 Å². The van der Waals surface area contributed by atoms with Gasteiger partial charge >= 0.3 is 0 Å². The number of hydrogen-bond donors (Lipinski definition) is 0. The zero-order chi connectivity index (χ0) is 21.4. The predicted octanol–water partition coefficient (Wildman–Crippen LogP) is 6.09. The SMILES string of the molecule is [C-]#[N+]c1ccc(-n2c(C)c(C(=O)CN3[C@H](C)CCC[C@H]3C)c3ncc(Br)cc32)cc1. The fourth-order valence-electron chi connectivity index (χ4n) is 4.63. The molecule has 154 valence electrons. The summed E-state index contributed by atoms with van der Waals surface area (Å²) in [6.45, 7) is 14.0. The summed E-state index contributed by atoms with van der Waals surface area (Å²) in [5.41, 5.74) is 4.71. The van der Waals surface area contributed by atoms with Gasteiger partial charge in [0.15, 0.2) is 11.5 Å². The second-order valence-electron chi connectivity index (χ2n) is 8.17. The first kappa shape index (κ1) is 20.8. The van der Waals surface area contributed by atoms with E-state index in [0.717, 1.165) is 39.7 Å². The zero-order valence-corrected chi connectivity index (χ0v) is 19.1. The fraction of sp³-hybridized carbons (Fsp3) is 0.375. The normalized spacial score (nSPS) is 19.7. The summed E-state index contributed by atoms with van der Waals surface area (Å²) in [6, 6.07) is 10.3. The minimum absolute atomic E-state index is 0.115. The highest BCUT2D eigenvalue weighted by Gasteiger charge is 2.29. The molecule has 0 saturated carbocycles. The molecule has 0 amide bonds. The van der Waals surface area contributed by atoms with Gasteiger partial charge in [-0.3, -0.25) is 14.7 Å². The molecular weight excluding hydrogens is 440 g/mol. The number of carbonyl (C=O) groups is 1. The summed E-state index contributed by atoms with van der Waals surface area (Å²) >= 11 is 3.52. The molecular formula is C24H25BrN4O. The Labute approximate surface area is 185 Å². The van der Waals surface area contributed by atoms with E-state index >= 15 is 0 Å². The second kappa shape index (κ2) is 8.33. The van der Waals surface area contributed by atoms with E-state index in [1.807, 2.05) is 25.1 Å². The monoisotopic (exact) mass is 464 g/mol. The van der Waals surface area contributed by atoms with E-state index < -0.39 is 0 Å². The van der Waals surface area contributed by atoms with Gasteiger partial charge in [-0.1, -0.05) is 18.6 Å². The number of pyridine rings is 1. The molecule has 4 rings (SSSR count). The summed E-state index contributed by atoms with van der Waals surface area (Å²) in [5.74, 6) is 0.115. The number of hydrogen-bond acceptors (Lipinski definition) is 3. The minimum Gasteiger partial charge on any atom is -0.312 e. The van der Waals surface area contributed by atoms with Crippen molar-refractivity contribution < 1.29 is 4.79 Å². The molecule has 6 heteroatoms. The molecule has 0 N–H and O–H groups in total. The topological polar surface area (TPSA) is 42.5 Å². The summed E-state index contributed by atoms with van der Waals surface area (Å²) in [6.07, 6.45) is 5.24. The molecule has 2 aromatic heterocycles. The van der Waals surface area contributed by atoms with Gasteiger partial charge in [0.2, 0.25) is 0 Å². The Balaban J connectivity index is 1.81. The highest BCUT2D eigenvalue weighted by atomic mass is 79.9. The van der Waals surface area contributed by atoms with Crippen LogP contribution in [0.3, 0.4) is 0 Å². The highest BCUT2D eigenvalue weighted by molar-refractivity contribution is 9.10. The number of fused-ring (bicyclic) bond motifs is 1. The third kappa shape index (κ3) is 3.68. The van der Waals surface area contributed by atoms with Crippen LogP contribution in [-0.2, 0) is 0 Å². The molecule has 0 bridgehead atoms. The molecule has 1 aliphatic rings. The lowest BCUT2D eigenvalue weighted by molar-refractivity contribution is 0.0735. The van der Waals surface area contributed by atoms with Gasteiger partial charge in [-0.25, -0.2) is 4.85 Å². The Hall–Kier alpha value is -2.49. The number of aromatic nitrogens is 2. The Kier molecular flexibility index (Phi) is 5.77. The number of carbonyl (C=O) groups excluding carboxylic acids is 1. The van der Waals surface area contributed by atoms with Gasteiger partial charge in [-0.15, -0.1) is 0 Å². The molecule has 1 saturated heterocycles. The molecule has 3 heterocycles. The van der Waals surface area contributed by atoms with E-state index in [1.165, 1.54) is 6.42 Å². The molecule has 0 unspecified atom stereocenters. The molecule has 1 aromatic carbocycles. The van der Waals surface area contributed by atoms with Gasteiger partial charge in [-0.2, -0.15) is 0 Å². The first-order valence-electron chi connectivity index (χ1n) is 10.3. The number of halogens is 1. The molecule has 30 heavy (non-hydrogen) atoms. The van der Waals surface area contributed by atoms with Crippen LogP contribution in [0.2, 0.25) is 0 Å². The molecule has 0 radical (unpaired) electrons. The smallest absolute Gasteiger partial charge is 0.187 e. The highest BCUT2D eigenvalue weighted by Crippen LogP contribution is 2.32. The van der Waals surface area contributed by atoms with Gasteiger partial charge in [0.05, 0.1) is 29.7 Å². The average molecular weight is 465 g/mol. The molecule has 5 nitrogen and oxygen atoms in total. The largest absolute Gasteiger partial charge is 0.312 e. The van der Waals surface area contributed by atoms with Crippen molar-refractivity contribution in [3.05, 3.63) is 63.7 Å². The van der Waals surface area contributed by atoms with Crippen LogP contribution in [0.1, 0.15) is 49.2 Å². The van der Waals surface area contributed by atoms with E-state index in [2.05, 4.69) is 49.1 Å². The lowest BCUT2D eigenvalue weighted by Crippen LogP contribution is -2.46. The number of likely N-dealkylation sites (tertiary alicyclic amines) is 1. The lowest BCUT2D eigenvalue weighted by Gasteiger charge is -2.38. The van der Waals surface area contributed by atoms with Crippen molar-refractivity contribution in [2.75, 3.05) is 6.54 Å². The number of nitrogens with zero attached hydrogens (tertiary/aromatic N) is 4. The van der Waals surface area contributed by atoms with Crippen molar-refractivity contribution in [1.29, 1.82) is 0 Å². The maximum atomic E-state index is 13.5. The van der Waals surface area contributed by atoms with Crippen molar-refractivity contribution in [1.82, 2.24) is 14.5 Å². The fourth-order valence-corrected chi connectivity index (χ4v) is 4.95. The lowest BCUT2D eigenvalue weighted by atomic mass is 9.96. The van der Waals surface area contributed by atoms with Crippen LogP contribution >= 0.6 is 15.9 Å². The minimum atomic E-state index is 0.115. The van der Waals surface area contributed by atoms with Gasteiger partial charge in [0, 0.05) is 34.1 Å². The summed E-state index contributed by atoms with van der Waals surface area (Å²) in [4.78, 5) is 23.9. The number of Topliss-reactive ketones (excluding diaryl/α,β-unsaturated/α-hetero) is 1. The van der Waals surface area contributed by atoms with E-state index in [4.69, 9.17) is 6.57 Å². The van der Waals surface area contributed by atoms with E-state index in [0.29, 0.717) is 29.9 Å². The van der Waals surface area contributed by atoms with Crippen LogP contribution < -0.4 is 0 Å². The van der Waals surface area contributed by atoms with Crippen LogP contribution in [0.5, 0.6) is 0 Å². The number of piperidine rings is 1. The van der Waals surface area contributed by atoms with Crippen LogP contribution in [0.25, 0.3) is 21.6 Å². The molecule has 1 aliphatic heterocycles. The van der Waals surface area contributed by atoms with Gasteiger partial charge in [0.25, 0.3) is 0 Å². The van der Waals surface area contributed by atoms with E-state index in [9.17, 15) is 4.79 Å². The van der Waals surface area contributed by atoms with Crippen LogP contribution in [0.4, 0.5) is 5.69 Å². The number of benzene rings is 1. The van der Waals surface area contributed by atoms with Crippen molar-refractivity contribution >= 4 is 38.4 Å². The summed E-state index contributed by atoms with van der Waals surface area (Å²) < 4.78 is 2.93. The predicted molar refractivity (Wildman–Crippen MR) is 124 cm³/mol. The molecule has 3 aromatic rings. The third-order valence-corrected chi connectivity index (χ3v) is 6.66. The Bertz CT molecular complexity index is 1130. The van der Waals surface area contributed by atoms with Crippen LogP contribution in [0, 0.1) is 13.5 Å².